The van der Waals surface area contributed by atoms with E-state index in [0.29, 0.717) is 0 Å². The molecule has 0 saturated heterocycles. The van der Waals surface area contributed by atoms with E-state index in [2.05, 4.69) is 0 Å². The van der Waals surface area contributed by atoms with Crippen molar-refractivity contribution in [3.8, 4) is 0 Å². The second-order valence-electron chi connectivity index (χ2n) is 4.68. The average molecular weight is 342 g/mol. The number of ketones is 1. The predicted molar refractivity (Wildman–Crippen MR) is 79.0 cm³/mol. The Morgan fingerprint density at radius 2 is 1.84 bits per heavy atom. The van der Waals surface area contributed by atoms with Crippen LogP contribution in [0.3, 0.4) is 0 Å². The molecule has 1 fully saturated rings. The van der Waals surface area contributed by atoms with Gasteiger partial charge in [0.15, 0.2) is 5.78 Å². The summed E-state index contributed by atoms with van der Waals surface area (Å²) < 4.78 is 5.43. The van der Waals surface area contributed by atoms with E-state index in [9.17, 15) is 4.79 Å². The van der Waals surface area contributed by atoms with Gasteiger partial charge in [-0.15, -0.1) is 0 Å². The van der Waals surface area contributed by atoms with Crippen molar-refractivity contribution in [2.24, 2.45) is 0 Å². The highest BCUT2D eigenvalue weighted by atomic mass is 35.5. The van der Waals surface area contributed by atoms with Gasteiger partial charge in [-0.3, -0.25) is 4.79 Å². The van der Waals surface area contributed by atoms with Gasteiger partial charge in [-0.05, 0) is 25.3 Å². The third-order valence-corrected chi connectivity index (χ3v) is 5.13. The van der Waals surface area contributed by atoms with Crippen LogP contribution in [-0.2, 0) is 4.74 Å². The monoisotopic (exact) mass is 340 g/mol. The van der Waals surface area contributed by atoms with E-state index in [1.807, 2.05) is 0 Å². The average Bonchev–Trinajstić information content (AvgIpc) is 2.31. The Morgan fingerprint density at radius 1 is 1.21 bits per heavy atom. The highest BCUT2D eigenvalue weighted by Gasteiger charge is 2.40. The molecule has 1 aliphatic carbocycles. The molecule has 1 aromatic carbocycles. The lowest BCUT2D eigenvalue weighted by atomic mass is 9.76. The van der Waals surface area contributed by atoms with E-state index in [4.69, 9.17) is 51.1 Å². The van der Waals surface area contributed by atoms with E-state index >= 15 is 0 Å². The summed E-state index contributed by atoms with van der Waals surface area (Å²) in [7, 11) is 1.62. The lowest BCUT2D eigenvalue weighted by Gasteiger charge is -2.40. The standard InChI is InChI=1S/C13H12Cl4O2/c1-19-13(3-2-4-13)6-9(18)10-7(14)5-8(15)11(16)12(10)17/h5H,2-4,6H2,1H3. The summed E-state index contributed by atoms with van der Waals surface area (Å²) in [6, 6.07) is 1.44. The molecule has 0 N–H and O–H groups in total. The number of rotatable bonds is 4. The van der Waals surface area contributed by atoms with Crippen molar-refractivity contribution >= 4 is 52.2 Å². The number of hydrogen-bond donors (Lipinski definition) is 0. The maximum Gasteiger partial charge on any atom is 0.168 e. The Bertz CT molecular complexity index is 518. The largest absolute Gasteiger partial charge is 0.378 e. The van der Waals surface area contributed by atoms with E-state index in [-0.39, 0.29) is 43.5 Å². The molecule has 1 aromatic rings. The van der Waals surface area contributed by atoms with Crippen LogP contribution >= 0.6 is 46.4 Å². The van der Waals surface area contributed by atoms with Crippen molar-refractivity contribution in [3.63, 3.8) is 0 Å². The zero-order valence-electron chi connectivity index (χ0n) is 10.2. The minimum absolute atomic E-state index is 0.106. The van der Waals surface area contributed by atoms with Crippen molar-refractivity contribution in [2.75, 3.05) is 7.11 Å². The number of carbonyl (C=O) groups excluding carboxylic acids is 1. The topological polar surface area (TPSA) is 26.3 Å². The first-order chi connectivity index (χ1) is 8.90. The lowest BCUT2D eigenvalue weighted by Crippen LogP contribution is -2.41. The van der Waals surface area contributed by atoms with Crippen molar-refractivity contribution in [2.45, 2.75) is 31.3 Å². The van der Waals surface area contributed by atoms with E-state index < -0.39 is 0 Å². The van der Waals surface area contributed by atoms with E-state index in [0.717, 1.165) is 19.3 Å². The molecule has 1 aliphatic rings. The molecule has 0 bridgehead atoms. The van der Waals surface area contributed by atoms with Crippen LogP contribution in [0.2, 0.25) is 20.1 Å². The Hall–Kier alpha value is 0.01000. The Labute approximate surface area is 131 Å². The number of carbonyl (C=O) groups is 1. The summed E-state index contributed by atoms with van der Waals surface area (Å²) in [5.41, 5.74) is -0.156. The quantitative estimate of drug-likeness (QED) is 0.414. The molecule has 0 atom stereocenters. The summed E-state index contributed by atoms with van der Waals surface area (Å²) in [4.78, 5) is 12.4. The zero-order chi connectivity index (χ0) is 14.2. The van der Waals surface area contributed by atoms with Crippen LogP contribution in [0.4, 0.5) is 0 Å². The van der Waals surface area contributed by atoms with Gasteiger partial charge in [-0.2, -0.15) is 0 Å². The molecule has 6 heteroatoms. The highest BCUT2D eigenvalue weighted by Crippen LogP contribution is 2.42. The van der Waals surface area contributed by atoms with Crippen molar-refractivity contribution < 1.29 is 9.53 Å². The lowest BCUT2D eigenvalue weighted by molar-refractivity contribution is -0.0704. The number of benzene rings is 1. The van der Waals surface area contributed by atoms with E-state index in [1.54, 1.807) is 7.11 Å². The predicted octanol–water partition coefficient (Wildman–Crippen LogP) is 5.44. The second kappa shape index (κ2) is 5.79. The highest BCUT2D eigenvalue weighted by molar-refractivity contribution is 6.51. The van der Waals surface area contributed by atoms with Crippen LogP contribution in [0.5, 0.6) is 0 Å². The van der Waals surface area contributed by atoms with Crippen molar-refractivity contribution in [3.05, 3.63) is 31.7 Å². The van der Waals surface area contributed by atoms with Gasteiger partial charge in [0.25, 0.3) is 0 Å². The molecule has 0 spiro atoms. The van der Waals surface area contributed by atoms with Gasteiger partial charge < -0.3 is 4.74 Å². The van der Waals surface area contributed by atoms with Crippen LogP contribution in [0, 0.1) is 0 Å². The molecule has 0 amide bonds. The fourth-order valence-electron chi connectivity index (χ4n) is 2.23. The van der Waals surface area contributed by atoms with Gasteiger partial charge in [-0.1, -0.05) is 46.4 Å². The summed E-state index contributed by atoms with van der Waals surface area (Å²) >= 11 is 23.9. The fourth-order valence-corrected chi connectivity index (χ4v) is 3.35. The van der Waals surface area contributed by atoms with Gasteiger partial charge in [0.1, 0.15) is 0 Å². The van der Waals surface area contributed by atoms with Crippen LogP contribution < -0.4 is 0 Å². The maximum absolute atomic E-state index is 12.4. The molecule has 0 unspecified atom stereocenters. The first-order valence-electron chi connectivity index (χ1n) is 5.81. The second-order valence-corrected chi connectivity index (χ2v) is 6.25. The third kappa shape index (κ3) is 2.88. The molecule has 1 saturated carbocycles. The number of ether oxygens (including phenoxy) is 1. The number of Topliss-reactive ketones (excluding diaryl/α,β-unsaturated/α-hetero) is 1. The summed E-state index contributed by atoms with van der Waals surface area (Å²) in [5, 5.41) is 0.708. The van der Waals surface area contributed by atoms with Crippen molar-refractivity contribution in [1.82, 2.24) is 0 Å². The first kappa shape index (κ1) is 15.4. The van der Waals surface area contributed by atoms with E-state index in [1.165, 1.54) is 6.07 Å². The molecular weight excluding hydrogens is 330 g/mol. The molecule has 0 aromatic heterocycles. The molecule has 2 rings (SSSR count). The Morgan fingerprint density at radius 3 is 2.32 bits per heavy atom. The van der Waals surface area contributed by atoms with Gasteiger partial charge in [-0.25, -0.2) is 0 Å². The molecule has 2 nitrogen and oxygen atoms in total. The number of halogens is 4. The zero-order valence-corrected chi connectivity index (χ0v) is 13.3. The maximum atomic E-state index is 12.4. The van der Waals surface area contributed by atoms with Gasteiger partial charge in [0.05, 0.1) is 31.3 Å². The van der Waals surface area contributed by atoms with Crippen molar-refractivity contribution in [1.29, 1.82) is 0 Å². The van der Waals surface area contributed by atoms with Crippen LogP contribution in [-0.4, -0.2) is 18.5 Å². The Kier molecular flexibility index (Phi) is 4.69. The fraction of sp³-hybridized carbons (Fsp3) is 0.462. The molecule has 0 radical (unpaired) electrons. The molecule has 19 heavy (non-hydrogen) atoms. The van der Waals surface area contributed by atoms with Gasteiger partial charge >= 0.3 is 0 Å². The summed E-state index contributed by atoms with van der Waals surface area (Å²) in [6.45, 7) is 0. The number of methoxy groups -OCH3 is 1. The van der Waals surface area contributed by atoms with Crippen LogP contribution in [0.1, 0.15) is 36.0 Å². The summed E-state index contributed by atoms with van der Waals surface area (Å²) in [6.07, 6.45) is 3.04. The van der Waals surface area contributed by atoms with Gasteiger partial charge in [0, 0.05) is 13.5 Å². The molecule has 104 valence electrons. The normalized spacial score (nSPS) is 17.1. The summed E-state index contributed by atoms with van der Waals surface area (Å²) in [5.74, 6) is -0.171. The minimum atomic E-state index is -0.379. The van der Waals surface area contributed by atoms with Crippen LogP contribution in [0.25, 0.3) is 0 Å². The SMILES string of the molecule is COC1(CC(=O)c2c(Cl)cc(Cl)c(Cl)c2Cl)CCC1. The molecule has 0 aliphatic heterocycles. The third-order valence-electron chi connectivity index (χ3n) is 3.57. The smallest absolute Gasteiger partial charge is 0.168 e. The van der Waals surface area contributed by atoms with Gasteiger partial charge in [0.2, 0.25) is 0 Å². The Balaban J connectivity index is 2.32. The minimum Gasteiger partial charge on any atom is -0.378 e. The number of hydrogen-bond acceptors (Lipinski definition) is 2. The van der Waals surface area contributed by atoms with Crippen LogP contribution in [0.15, 0.2) is 6.07 Å². The molecule has 0 heterocycles. The first-order valence-corrected chi connectivity index (χ1v) is 7.33. The molecular formula is C13H12Cl4O2.